The van der Waals surface area contributed by atoms with Crippen LogP contribution < -0.4 is 14.4 Å². The maximum atomic E-state index is 11.1. The van der Waals surface area contributed by atoms with Gasteiger partial charge in [0.2, 0.25) is 0 Å². The van der Waals surface area contributed by atoms with Gasteiger partial charge in [-0.2, -0.15) is 0 Å². The van der Waals surface area contributed by atoms with E-state index in [9.17, 15) is 10.1 Å². The van der Waals surface area contributed by atoms with Crippen LogP contribution in [0.15, 0.2) is 42.5 Å². The molecule has 0 heterocycles. The molecule has 0 aromatic heterocycles. The van der Waals surface area contributed by atoms with Gasteiger partial charge in [0.1, 0.15) is 0 Å². The Balaban J connectivity index is 0.00000288. The third kappa shape index (κ3) is 4.52. The lowest BCUT2D eigenvalue weighted by Gasteiger charge is -2.20. The lowest BCUT2D eigenvalue weighted by atomic mass is 10.1. The third-order valence-electron chi connectivity index (χ3n) is 3.71. The summed E-state index contributed by atoms with van der Waals surface area (Å²) in [5.74, 6) is 1.32. The van der Waals surface area contributed by atoms with E-state index in [0.717, 1.165) is 11.3 Å². The molecule has 130 valence electrons. The largest absolute Gasteiger partial charge is 0.493 e. The first kappa shape index (κ1) is 19.6. The van der Waals surface area contributed by atoms with Gasteiger partial charge in [0.25, 0.3) is 5.69 Å². The number of hydrogen-bond donors (Lipinski definition) is 0. The van der Waals surface area contributed by atoms with Crippen molar-refractivity contribution in [2.24, 2.45) is 0 Å². The number of ether oxygens (including phenoxy) is 2. The molecular weight excluding hydrogens is 332 g/mol. The maximum Gasteiger partial charge on any atom is 0.272 e. The van der Waals surface area contributed by atoms with E-state index in [0.29, 0.717) is 24.5 Å². The van der Waals surface area contributed by atoms with Crippen LogP contribution in [0, 0.1) is 10.1 Å². The number of hydrogen-bond acceptors (Lipinski definition) is 5. The molecule has 0 saturated carbocycles. The molecule has 0 aliphatic heterocycles. The molecule has 0 aliphatic carbocycles. The number of para-hydroxylation sites is 1. The minimum absolute atomic E-state index is 0. The van der Waals surface area contributed by atoms with E-state index in [-0.39, 0.29) is 23.0 Å². The number of anilines is 1. The minimum Gasteiger partial charge on any atom is -0.493 e. The van der Waals surface area contributed by atoms with Gasteiger partial charge in [-0.3, -0.25) is 10.1 Å². The summed E-state index contributed by atoms with van der Waals surface area (Å²) in [5.41, 5.74) is 1.85. The fraction of sp³-hybridized carbons (Fsp3) is 0.294. The zero-order valence-corrected chi connectivity index (χ0v) is 14.7. The fourth-order valence-corrected chi connectivity index (χ4v) is 2.38. The zero-order chi connectivity index (χ0) is 16.8. The van der Waals surface area contributed by atoms with Gasteiger partial charge < -0.3 is 14.4 Å². The first-order valence-electron chi connectivity index (χ1n) is 7.22. The Morgan fingerprint density at radius 3 is 2.38 bits per heavy atom. The second kappa shape index (κ2) is 8.98. The summed E-state index contributed by atoms with van der Waals surface area (Å²) in [6.07, 6.45) is 0.585. The molecule has 0 fully saturated rings. The third-order valence-corrected chi connectivity index (χ3v) is 3.71. The first-order chi connectivity index (χ1) is 11.1. The molecule has 2 aromatic carbocycles. The van der Waals surface area contributed by atoms with Gasteiger partial charge in [-0.05, 0) is 18.6 Å². The minimum atomic E-state index is -0.342. The highest BCUT2D eigenvalue weighted by Crippen LogP contribution is 2.31. The van der Waals surface area contributed by atoms with Gasteiger partial charge in [-0.1, -0.05) is 18.2 Å². The normalized spacial score (nSPS) is 9.79. The van der Waals surface area contributed by atoms with E-state index in [1.54, 1.807) is 26.4 Å². The van der Waals surface area contributed by atoms with Crippen LogP contribution in [0.1, 0.15) is 5.56 Å². The number of rotatable bonds is 7. The second-order valence-electron chi connectivity index (χ2n) is 5.10. The van der Waals surface area contributed by atoms with E-state index in [4.69, 9.17) is 9.47 Å². The highest BCUT2D eigenvalue weighted by atomic mass is 35.5. The summed E-state index contributed by atoms with van der Waals surface area (Å²) in [5, 5.41) is 11.1. The van der Waals surface area contributed by atoms with Crippen LogP contribution in [0.25, 0.3) is 0 Å². The van der Waals surface area contributed by atoms with Crippen molar-refractivity contribution >= 4 is 23.8 Å². The van der Waals surface area contributed by atoms with Crippen molar-refractivity contribution in [1.82, 2.24) is 0 Å². The molecule has 2 aromatic rings. The monoisotopic (exact) mass is 352 g/mol. The molecular formula is C17H21ClN2O4. The molecule has 0 spiro atoms. The summed E-state index contributed by atoms with van der Waals surface area (Å²) in [7, 11) is 5.13. The van der Waals surface area contributed by atoms with Crippen LogP contribution in [-0.2, 0) is 6.42 Å². The summed E-state index contributed by atoms with van der Waals surface area (Å²) in [4.78, 5) is 12.7. The average molecular weight is 353 g/mol. The smallest absolute Gasteiger partial charge is 0.272 e. The Labute approximate surface area is 147 Å². The lowest BCUT2D eigenvalue weighted by molar-refractivity contribution is -0.385. The Morgan fingerprint density at radius 1 is 1.08 bits per heavy atom. The van der Waals surface area contributed by atoms with Crippen LogP contribution in [0.5, 0.6) is 11.5 Å². The van der Waals surface area contributed by atoms with Crippen molar-refractivity contribution in [3.8, 4) is 11.5 Å². The lowest BCUT2D eigenvalue weighted by Crippen LogP contribution is -2.20. The quantitative estimate of drug-likeness (QED) is 0.561. The van der Waals surface area contributed by atoms with Crippen LogP contribution in [0.3, 0.4) is 0 Å². The Kier molecular flexibility index (Phi) is 7.32. The van der Waals surface area contributed by atoms with E-state index >= 15 is 0 Å². The standard InChI is InChI=1S/C17H20N2O4.ClH/c1-18(14-8-9-16(22-2)17(12-14)23-3)11-10-13-6-4-5-7-15(13)19(20)21;/h4-9,12H,10-11H2,1-3H3;1H. The van der Waals surface area contributed by atoms with Crippen molar-refractivity contribution in [2.75, 3.05) is 32.7 Å². The highest BCUT2D eigenvalue weighted by Gasteiger charge is 2.13. The number of nitrogens with zero attached hydrogens (tertiary/aromatic N) is 2. The van der Waals surface area contributed by atoms with Gasteiger partial charge >= 0.3 is 0 Å². The molecule has 0 radical (unpaired) electrons. The summed E-state index contributed by atoms with van der Waals surface area (Å²) >= 11 is 0. The van der Waals surface area contributed by atoms with Crippen LogP contribution in [0.4, 0.5) is 11.4 Å². The number of methoxy groups -OCH3 is 2. The Hall–Kier alpha value is -2.47. The van der Waals surface area contributed by atoms with Gasteiger partial charge in [-0.25, -0.2) is 0 Å². The summed E-state index contributed by atoms with van der Waals surface area (Å²) < 4.78 is 10.5. The molecule has 0 amide bonds. The molecule has 6 nitrogen and oxygen atoms in total. The Morgan fingerprint density at radius 2 is 1.75 bits per heavy atom. The van der Waals surface area contributed by atoms with Crippen molar-refractivity contribution in [3.63, 3.8) is 0 Å². The van der Waals surface area contributed by atoms with Crippen LogP contribution in [-0.4, -0.2) is 32.7 Å². The topological polar surface area (TPSA) is 64.8 Å². The molecule has 0 aliphatic rings. The van der Waals surface area contributed by atoms with Crippen molar-refractivity contribution < 1.29 is 14.4 Å². The molecule has 0 bridgehead atoms. The van der Waals surface area contributed by atoms with Crippen LogP contribution in [0.2, 0.25) is 0 Å². The van der Waals surface area contributed by atoms with Crippen molar-refractivity contribution in [2.45, 2.75) is 6.42 Å². The molecule has 0 atom stereocenters. The highest BCUT2D eigenvalue weighted by molar-refractivity contribution is 5.85. The number of likely N-dealkylation sites (N-methyl/N-ethyl adjacent to an activating group) is 1. The molecule has 0 unspecified atom stereocenters. The van der Waals surface area contributed by atoms with Gasteiger partial charge in [0.15, 0.2) is 11.5 Å². The first-order valence-corrected chi connectivity index (χ1v) is 7.22. The van der Waals surface area contributed by atoms with Crippen molar-refractivity contribution in [3.05, 3.63) is 58.1 Å². The van der Waals surface area contributed by atoms with E-state index in [1.807, 2.05) is 36.2 Å². The second-order valence-corrected chi connectivity index (χ2v) is 5.10. The molecule has 7 heteroatoms. The fourth-order valence-electron chi connectivity index (χ4n) is 2.38. The summed E-state index contributed by atoms with van der Waals surface area (Å²) in [6, 6.07) is 12.5. The van der Waals surface area contributed by atoms with E-state index in [1.165, 1.54) is 6.07 Å². The predicted molar refractivity (Wildman–Crippen MR) is 96.9 cm³/mol. The number of benzene rings is 2. The number of nitro benzene ring substituents is 1. The van der Waals surface area contributed by atoms with Gasteiger partial charge in [0.05, 0.1) is 19.1 Å². The van der Waals surface area contributed by atoms with E-state index in [2.05, 4.69) is 0 Å². The van der Waals surface area contributed by atoms with E-state index < -0.39 is 0 Å². The molecule has 2 rings (SSSR count). The van der Waals surface area contributed by atoms with Gasteiger partial charge in [-0.15, -0.1) is 12.4 Å². The van der Waals surface area contributed by atoms with Crippen molar-refractivity contribution in [1.29, 1.82) is 0 Å². The zero-order valence-electron chi connectivity index (χ0n) is 13.9. The predicted octanol–water partition coefficient (Wildman–Crippen LogP) is 3.71. The molecule has 24 heavy (non-hydrogen) atoms. The summed E-state index contributed by atoms with van der Waals surface area (Å²) in [6.45, 7) is 0.653. The number of halogens is 1. The molecule has 0 saturated heterocycles. The van der Waals surface area contributed by atoms with Crippen LogP contribution >= 0.6 is 12.4 Å². The average Bonchev–Trinajstić information content (AvgIpc) is 2.59. The number of nitro groups is 1. The molecule has 0 N–H and O–H groups in total. The SMILES string of the molecule is COc1ccc(N(C)CCc2ccccc2[N+](=O)[O-])cc1OC.Cl. The van der Waals surface area contributed by atoms with Gasteiger partial charge in [0, 0.05) is 37.0 Å². The maximum absolute atomic E-state index is 11.1. The Bertz CT molecular complexity index is 694.